The van der Waals surface area contributed by atoms with E-state index in [1.807, 2.05) is 0 Å². The fourth-order valence-electron chi connectivity index (χ4n) is 1.81. The molecule has 1 aliphatic heterocycles. The van der Waals surface area contributed by atoms with Crippen LogP contribution in [-0.4, -0.2) is 46.6 Å². The first-order valence-electron chi connectivity index (χ1n) is 6.08. The van der Waals surface area contributed by atoms with Gasteiger partial charge in [0.15, 0.2) is 0 Å². The van der Waals surface area contributed by atoms with Crippen LogP contribution in [0.1, 0.15) is 0 Å². The summed E-state index contributed by atoms with van der Waals surface area (Å²) < 4.78 is 59.0. The van der Waals surface area contributed by atoms with Crippen LogP contribution in [0, 0.1) is 0 Å². The highest BCUT2D eigenvalue weighted by atomic mass is 32.2. The molecule has 1 aliphatic rings. The van der Waals surface area contributed by atoms with Crippen LogP contribution in [0.15, 0.2) is 29.2 Å². The quantitative estimate of drug-likeness (QED) is 0.881. The lowest BCUT2D eigenvalue weighted by atomic mass is 10.3. The Morgan fingerprint density at radius 2 is 2.15 bits per heavy atom. The molecule has 1 aromatic carbocycles. The molecule has 0 aliphatic carbocycles. The number of hydrogen-bond acceptors (Lipinski definition) is 5. The van der Waals surface area contributed by atoms with Crippen molar-refractivity contribution in [2.45, 2.75) is 16.8 Å². The van der Waals surface area contributed by atoms with Gasteiger partial charge in [0, 0.05) is 13.1 Å². The highest BCUT2D eigenvalue weighted by Gasteiger charge is 2.30. The maximum atomic E-state index is 12.6. The predicted molar refractivity (Wildman–Crippen MR) is 67.7 cm³/mol. The average molecular weight is 307 g/mol. The van der Waals surface area contributed by atoms with Gasteiger partial charge < -0.3 is 14.8 Å². The van der Waals surface area contributed by atoms with Gasteiger partial charge in [-0.05, 0) is 12.1 Å². The number of hydrogen-bond donors (Lipinski definition) is 1. The van der Waals surface area contributed by atoms with E-state index in [0.29, 0.717) is 13.2 Å². The minimum absolute atomic E-state index is 0.0815. The smallest absolute Gasteiger partial charge is 0.341 e. The number of rotatable bonds is 5. The van der Waals surface area contributed by atoms with Crippen LogP contribution in [0.5, 0.6) is 5.75 Å². The summed E-state index contributed by atoms with van der Waals surface area (Å²) in [5.41, 5.74) is 0. The molecule has 1 atom stereocenters. The first kappa shape index (κ1) is 15.1. The molecule has 0 saturated carbocycles. The molecule has 1 saturated heterocycles. The van der Waals surface area contributed by atoms with E-state index >= 15 is 0 Å². The standard InChI is InChI=1S/C12H15F2NO4S/c13-12(14)20(16,17)11-4-2-1-3-10(11)19-8-9-7-15-5-6-18-9/h1-4,9,12,15H,5-8H2. The molecule has 0 aromatic heterocycles. The Balaban J connectivity index is 2.12. The predicted octanol–water partition coefficient (Wildman–Crippen LogP) is 1.05. The Hall–Kier alpha value is -1.25. The van der Waals surface area contributed by atoms with Crippen molar-refractivity contribution in [1.82, 2.24) is 5.32 Å². The van der Waals surface area contributed by atoms with Crippen molar-refractivity contribution in [2.24, 2.45) is 0 Å². The van der Waals surface area contributed by atoms with Gasteiger partial charge in [0.05, 0.1) is 6.61 Å². The molecule has 112 valence electrons. The fourth-order valence-corrected chi connectivity index (χ4v) is 2.68. The largest absolute Gasteiger partial charge is 0.489 e. The zero-order valence-electron chi connectivity index (χ0n) is 10.6. The van der Waals surface area contributed by atoms with Gasteiger partial charge in [-0.15, -0.1) is 0 Å². The van der Waals surface area contributed by atoms with Gasteiger partial charge in [-0.3, -0.25) is 0 Å². The zero-order chi connectivity index (χ0) is 14.6. The molecule has 0 bridgehead atoms. The highest BCUT2D eigenvalue weighted by molar-refractivity contribution is 7.91. The molecule has 0 radical (unpaired) electrons. The summed E-state index contributed by atoms with van der Waals surface area (Å²) in [5, 5.41) is 3.09. The number of alkyl halides is 2. The molecule has 5 nitrogen and oxygen atoms in total. The van der Waals surface area contributed by atoms with Crippen LogP contribution in [0.25, 0.3) is 0 Å². The molecule has 1 unspecified atom stereocenters. The van der Waals surface area contributed by atoms with Crippen LogP contribution < -0.4 is 10.1 Å². The van der Waals surface area contributed by atoms with Gasteiger partial charge in [-0.2, -0.15) is 8.78 Å². The molecule has 8 heteroatoms. The van der Waals surface area contributed by atoms with E-state index in [4.69, 9.17) is 9.47 Å². The van der Waals surface area contributed by atoms with Crippen molar-refractivity contribution < 1.29 is 26.7 Å². The molecule has 1 heterocycles. The van der Waals surface area contributed by atoms with E-state index in [1.54, 1.807) is 0 Å². The zero-order valence-corrected chi connectivity index (χ0v) is 11.4. The third-order valence-electron chi connectivity index (χ3n) is 2.82. The van der Waals surface area contributed by atoms with Gasteiger partial charge in [0.25, 0.3) is 0 Å². The molecular weight excluding hydrogens is 292 g/mol. The van der Waals surface area contributed by atoms with Gasteiger partial charge in [-0.25, -0.2) is 8.42 Å². The summed E-state index contributed by atoms with van der Waals surface area (Å²) in [4.78, 5) is -0.501. The van der Waals surface area contributed by atoms with E-state index in [1.165, 1.54) is 18.2 Å². The van der Waals surface area contributed by atoms with Crippen LogP contribution in [0.3, 0.4) is 0 Å². The molecular formula is C12H15F2NO4S. The van der Waals surface area contributed by atoms with Gasteiger partial charge in [0.2, 0.25) is 9.84 Å². The number of nitrogens with one attached hydrogen (secondary N) is 1. The van der Waals surface area contributed by atoms with Crippen LogP contribution in [0.4, 0.5) is 8.78 Å². The van der Waals surface area contributed by atoms with Crippen LogP contribution >= 0.6 is 0 Å². The number of para-hydroxylation sites is 1. The lowest BCUT2D eigenvalue weighted by Crippen LogP contribution is -2.41. The van der Waals surface area contributed by atoms with E-state index in [2.05, 4.69) is 5.32 Å². The Bertz CT molecular complexity index is 544. The minimum atomic E-state index is -4.68. The Kier molecular flexibility index (Phi) is 4.90. The Morgan fingerprint density at radius 1 is 1.40 bits per heavy atom. The highest BCUT2D eigenvalue weighted by Crippen LogP contribution is 2.28. The van der Waals surface area contributed by atoms with Crippen molar-refractivity contribution in [1.29, 1.82) is 0 Å². The van der Waals surface area contributed by atoms with E-state index in [0.717, 1.165) is 12.6 Å². The van der Waals surface area contributed by atoms with E-state index in [-0.39, 0.29) is 18.5 Å². The molecule has 2 rings (SSSR count). The Labute approximate surface area is 115 Å². The summed E-state index contributed by atoms with van der Waals surface area (Å²) in [5.74, 6) is -3.55. The summed E-state index contributed by atoms with van der Waals surface area (Å²) in [6.45, 7) is 1.95. The number of morpholine rings is 1. The topological polar surface area (TPSA) is 64.6 Å². The molecule has 0 amide bonds. The lowest BCUT2D eigenvalue weighted by Gasteiger charge is -2.24. The average Bonchev–Trinajstić information content (AvgIpc) is 2.46. The van der Waals surface area contributed by atoms with Gasteiger partial charge in [0.1, 0.15) is 23.4 Å². The number of ether oxygens (including phenoxy) is 2. The second-order valence-electron chi connectivity index (χ2n) is 4.26. The third kappa shape index (κ3) is 3.44. The van der Waals surface area contributed by atoms with E-state index in [9.17, 15) is 17.2 Å². The summed E-state index contributed by atoms with van der Waals surface area (Å²) in [6, 6.07) is 5.36. The van der Waals surface area contributed by atoms with Crippen LogP contribution in [0.2, 0.25) is 0 Å². The summed E-state index contributed by atoms with van der Waals surface area (Å²) in [7, 11) is -4.68. The number of sulfone groups is 1. The fraction of sp³-hybridized carbons (Fsp3) is 0.500. The second-order valence-corrected chi connectivity index (χ2v) is 6.15. The molecule has 0 spiro atoms. The first-order valence-corrected chi connectivity index (χ1v) is 7.62. The van der Waals surface area contributed by atoms with Crippen molar-refractivity contribution >= 4 is 9.84 Å². The lowest BCUT2D eigenvalue weighted by molar-refractivity contribution is -0.000421. The Morgan fingerprint density at radius 3 is 2.80 bits per heavy atom. The van der Waals surface area contributed by atoms with Crippen molar-refractivity contribution in [2.75, 3.05) is 26.3 Å². The summed E-state index contributed by atoms with van der Waals surface area (Å²) in [6.07, 6.45) is -0.230. The third-order valence-corrected chi connectivity index (χ3v) is 4.24. The van der Waals surface area contributed by atoms with Gasteiger partial charge >= 0.3 is 5.76 Å². The molecule has 20 heavy (non-hydrogen) atoms. The maximum Gasteiger partial charge on any atom is 0.341 e. The number of halogens is 2. The van der Waals surface area contributed by atoms with E-state index < -0.39 is 20.5 Å². The van der Waals surface area contributed by atoms with Crippen molar-refractivity contribution in [3.05, 3.63) is 24.3 Å². The van der Waals surface area contributed by atoms with Crippen molar-refractivity contribution in [3.63, 3.8) is 0 Å². The van der Waals surface area contributed by atoms with Gasteiger partial charge in [-0.1, -0.05) is 12.1 Å². The van der Waals surface area contributed by atoms with Crippen molar-refractivity contribution in [3.8, 4) is 5.75 Å². The molecule has 1 aromatic rings. The monoisotopic (exact) mass is 307 g/mol. The normalized spacial score (nSPS) is 20.1. The number of benzene rings is 1. The second kappa shape index (κ2) is 6.47. The molecule has 1 N–H and O–H groups in total. The van der Waals surface area contributed by atoms with Crippen LogP contribution in [-0.2, 0) is 14.6 Å². The summed E-state index contributed by atoms with van der Waals surface area (Å²) >= 11 is 0. The SMILES string of the molecule is O=S(=O)(c1ccccc1OCC1CNCCO1)C(F)F. The molecule has 1 fully saturated rings. The first-order chi connectivity index (χ1) is 9.51. The maximum absolute atomic E-state index is 12.6. The minimum Gasteiger partial charge on any atom is -0.489 e.